The first kappa shape index (κ1) is 10.7. The van der Waals surface area contributed by atoms with Crippen LogP contribution in [0.4, 0.5) is 0 Å². The van der Waals surface area contributed by atoms with E-state index in [9.17, 15) is 4.79 Å². The summed E-state index contributed by atoms with van der Waals surface area (Å²) in [5.74, 6) is 0. The van der Waals surface area contributed by atoms with Gasteiger partial charge in [0, 0.05) is 5.56 Å². The molecule has 1 rings (SSSR count). The highest BCUT2D eigenvalue weighted by atomic mass is 16.1. The second-order valence-electron chi connectivity index (χ2n) is 3.90. The fraction of sp³-hybridized carbons (Fsp3) is 0.308. The average molecular weight is 188 g/mol. The van der Waals surface area contributed by atoms with Gasteiger partial charge in [-0.15, -0.1) is 0 Å². The SMILES string of the molecule is CC(C)=Cc1cc(C=O)c(C)cc1C. The van der Waals surface area contributed by atoms with Gasteiger partial charge >= 0.3 is 0 Å². The number of rotatable bonds is 2. The molecule has 14 heavy (non-hydrogen) atoms. The largest absolute Gasteiger partial charge is 0.298 e. The van der Waals surface area contributed by atoms with Crippen molar-refractivity contribution in [3.63, 3.8) is 0 Å². The minimum atomic E-state index is 0.781. The topological polar surface area (TPSA) is 17.1 Å². The van der Waals surface area contributed by atoms with Gasteiger partial charge in [0.05, 0.1) is 0 Å². The minimum absolute atomic E-state index is 0.781. The van der Waals surface area contributed by atoms with E-state index in [0.717, 1.165) is 23.0 Å². The lowest BCUT2D eigenvalue weighted by Gasteiger charge is -2.05. The molecule has 1 nitrogen and oxygen atoms in total. The molecule has 0 radical (unpaired) electrons. The molecule has 0 N–H and O–H groups in total. The maximum atomic E-state index is 10.8. The van der Waals surface area contributed by atoms with Gasteiger partial charge in [-0.1, -0.05) is 17.7 Å². The van der Waals surface area contributed by atoms with Crippen molar-refractivity contribution in [2.75, 3.05) is 0 Å². The molecule has 0 fully saturated rings. The molecule has 0 aromatic heterocycles. The number of benzene rings is 1. The van der Waals surface area contributed by atoms with E-state index in [1.807, 2.05) is 13.0 Å². The van der Waals surface area contributed by atoms with Gasteiger partial charge in [-0.25, -0.2) is 0 Å². The fourth-order valence-electron chi connectivity index (χ4n) is 1.48. The Morgan fingerprint density at radius 1 is 1.07 bits per heavy atom. The van der Waals surface area contributed by atoms with Crippen molar-refractivity contribution in [2.45, 2.75) is 27.7 Å². The van der Waals surface area contributed by atoms with E-state index in [1.54, 1.807) is 0 Å². The van der Waals surface area contributed by atoms with Gasteiger partial charge in [0.25, 0.3) is 0 Å². The second-order valence-corrected chi connectivity index (χ2v) is 3.90. The van der Waals surface area contributed by atoms with Gasteiger partial charge in [-0.2, -0.15) is 0 Å². The molecular formula is C13H16O. The standard InChI is InChI=1S/C13H16O/c1-9(2)5-12-7-13(8-14)11(4)6-10(12)3/h5-8H,1-4H3. The van der Waals surface area contributed by atoms with Crippen molar-refractivity contribution in [1.82, 2.24) is 0 Å². The third-order valence-corrected chi connectivity index (χ3v) is 2.23. The molecule has 1 aromatic rings. The highest BCUT2D eigenvalue weighted by Gasteiger charge is 2.01. The molecule has 0 heterocycles. The molecule has 0 spiro atoms. The van der Waals surface area contributed by atoms with Gasteiger partial charge in [0.15, 0.2) is 0 Å². The molecule has 0 saturated carbocycles. The molecule has 74 valence electrons. The molecule has 0 unspecified atom stereocenters. The van der Waals surface area contributed by atoms with Crippen LogP contribution in [-0.2, 0) is 0 Å². The second kappa shape index (κ2) is 4.23. The third-order valence-electron chi connectivity index (χ3n) is 2.23. The van der Waals surface area contributed by atoms with Crippen LogP contribution in [0.5, 0.6) is 0 Å². The Bertz CT molecular complexity index is 382. The maximum Gasteiger partial charge on any atom is 0.150 e. The Hall–Kier alpha value is -1.37. The van der Waals surface area contributed by atoms with Crippen molar-refractivity contribution in [3.05, 3.63) is 40.0 Å². The van der Waals surface area contributed by atoms with E-state index in [-0.39, 0.29) is 0 Å². The Morgan fingerprint density at radius 2 is 1.64 bits per heavy atom. The molecular weight excluding hydrogens is 172 g/mol. The van der Waals surface area contributed by atoms with Crippen LogP contribution in [0.25, 0.3) is 6.08 Å². The first-order valence-corrected chi connectivity index (χ1v) is 4.76. The Kier molecular flexibility index (Phi) is 3.23. The van der Waals surface area contributed by atoms with E-state index in [1.165, 1.54) is 11.1 Å². The number of aryl methyl sites for hydroxylation is 2. The van der Waals surface area contributed by atoms with Crippen molar-refractivity contribution in [1.29, 1.82) is 0 Å². The van der Waals surface area contributed by atoms with E-state index < -0.39 is 0 Å². The van der Waals surface area contributed by atoms with Crippen molar-refractivity contribution < 1.29 is 4.79 Å². The Labute approximate surface area is 85.5 Å². The van der Waals surface area contributed by atoms with Gasteiger partial charge in [-0.3, -0.25) is 4.79 Å². The van der Waals surface area contributed by atoms with Crippen LogP contribution in [0.2, 0.25) is 0 Å². The predicted octanol–water partition coefficient (Wildman–Crippen LogP) is 3.54. The number of carbonyl (C=O) groups excluding carboxylic acids is 1. The van der Waals surface area contributed by atoms with E-state index in [0.29, 0.717) is 0 Å². The lowest BCUT2D eigenvalue weighted by Crippen LogP contribution is -1.91. The summed E-state index contributed by atoms with van der Waals surface area (Å²) in [7, 11) is 0. The summed E-state index contributed by atoms with van der Waals surface area (Å²) < 4.78 is 0. The summed E-state index contributed by atoms with van der Waals surface area (Å²) in [6.07, 6.45) is 3.01. The van der Waals surface area contributed by atoms with E-state index >= 15 is 0 Å². The predicted molar refractivity (Wildman–Crippen MR) is 60.6 cm³/mol. The summed E-state index contributed by atoms with van der Waals surface area (Å²) in [6, 6.07) is 4.00. The van der Waals surface area contributed by atoms with Crippen molar-refractivity contribution >= 4 is 12.4 Å². The number of hydrogen-bond donors (Lipinski definition) is 0. The summed E-state index contributed by atoms with van der Waals surface area (Å²) in [6.45, 7) is 8.14. The van der Waals surface area contributed by atoms with Gasteiger partial charge < -0.3 is 0 Å². The summed E-state index contributed by atoms with van der Waals surface area (Å²) in [4.78, 5) is 10.8. The van der Waals surface area contributed by atoms with Crippen molar-refractivity contribution in [3.8, 4) is 0 Å². The zero-order valence-electron chi connectivity index (χ0n) is 9.22. The zero-order chi connectivity index (χ0) is 10.7. The van der Waals surface area contributed by atoms with Crippen LogP contribution in [0, 0.1) is 13.8 Å². The smallest absolute Gasteiger partial charge is 0.150 e. The van der Waals surface area contributed by atoms with Gasteiger partial charge in [-0.05, 0) is 50.5 Å². The molecule has 0 saturated heterocycles. The van der Waals surface area contributed by atoms with Crippen LogP contribution >= 0.6 is 0 Å². The van der Waals surface area contributed by atoms with Crippen molar-refractivity contribution in [2.24, 2.45) is 0 Å². The third kappa shape index (κ3) is 2.32. The number of aldehydes is 1. The quantitative estimate of drug-likeness (QED) is 0.649. The highest BCUT2D eigenvalue weighted by Crippen LogP contribution is 2.17. The van der Waals surface area contributed by atoms with Crippen LogP contribution < -0.4 is 0 Å². The Morgan fingerprint density at radius 3 is 2.14 bits per heavy atom. The first-order chi connectivity index (χ1) is 6.54. The first-order valence-electron chi connectivity index (χ1n) is 4.76. The fourth-order valence-corrected chi connectivity index (χ4v) is 1.48. The minimum Gasteiger partial charge on any atom is -0.298 e. The number of carbonyl (C=O) groups is 1. The van der Waals surface area contributed by atoms with Gasteiger partial charge in [0.1, 0.15) is 6.29 Å². The van der Waals surface area contributed by atoms with Gasteiger partial charge in [0.2, 0.25) is 0 Å². The summed E-state index contributed by atoms with van der Waals surface area (Å²) >= 11 is 0. The molecule has 0 bridgehead atoms. The van der Waals surface area contributed by atoms with Crippen LogP contribution in [0.1, 0.15) is 40.9 Å². The Balaban J connectivity index is 3.31. The normalized spacial score (nSPS) is 9.71. The lowest BCUT2D eigenvalue weighted by atomic mass is 9.99. The molecule has 0 aliphatic rings. The van der Waals surface area contributed by atoms with Crippen LogP contribution in [-0.4, -0.2) is 6.29 Å². The molecule has 0 aliphatic carbocycles. The summed E-state index contributed by atoms with van der Waals surface area (Å²) in [5, 5.41) is 0. The highest BCUT2D eigenvalue weighted by molar-refractivity contribution is 5.79. The molecule has 0 aliphatic heterocycles. The van der Waals surface area contributed by atoms with E-state index in [2.05, 4.69) is 32.9 Å². The lowest BCUT2D eigenvalue weighted by molar-refractivity contribution is 0.112. The number of hydrogen-bond acceptors (Lipinski definition) is 1. The van der Waals surface area contributed by atoms with Crippen LogP contribution in [0.15, 0.2) is 17.7 Å². The van der Waals surface area contributed by atoms with Crippen LogP contribution in [0.3, 0.4) is 0 Å². The zero-order valence-corrected chi connectivity index (χ0v) is 9.22. The molecule has 0 amide bonds. The summed E-state index contributed by atoms with van der Waals surface area (Å²) in [5.41, 5.74) is 5.42. The van der Waals surface area contributed by atoms with E-state index in [4.69, 9.17) is 0 Å². The average Bonchev–Trinajstić information content (AvgIpc) is 2.09. The molecule has 0 atom stereocenters. The monoisotopic (exact) mass is 188 g/mol. The molecule has 1 aromatic carbocycles. The maximum absolute atomic E-state index is 10.8. The molecule has 1 heteroatoms. The number of allylic oxidation sites excluding steroid dienone is 1.